The number of aryl methyl sites for hydroxylation is 1. The van der Waals surface area contributed by atoms with Crippen LogP contribution in [-0.4, -0.2) is 41.2 Å². The molecule has 0 radical (unpaired) electrons. The van der Waals surface area contributed by atoms with Gasteiger partial charge in [-0.3, -0.25) is 9.88 Å². The summed E-state index contributed by atoms with van der Waals surface area (Å²) in [7, 11) is 0. The number of ether oxygens (including phenoxy) is 1. The van der Waals surface area contributed by atoms with Crippen molar-refractivity contribution in [2.24, 2.45) is 0 Å². The van der Waals surface area contributed by atoms with Crippen LogP contribution in [0.15, 0.2) is 12.3 Å². The molecule has 1 aromatic heterocycles. The van der Waals surface area contributed by atoms with Crippen molar-refractivity contribution in [3.63, 3.8) is 0 Å². The van der Waals surface area contributed by atoms with Gasteiger partial charge in [-0.1, -0.05) is 0 Å². The largest absolute Gasteiger partial charge is 0.492 e. The third kappa shape index (κ3) is 3.41. The second kappa shape index (κ2) is 5.98. The van der Waals surface area contributed by atoms with Crippen LogP contribution in [0.3, 0.4) is 0 Å². The van der Waals surface area contributed by atoms with E-state index in [0.29, 0.717) is 6.61 Å². The highest BCUT2D eigenvalue weighted by Gasteiger charge is 2.11. The molecule has 17 heavy (non-hydrogen) atoms. The maximum atomic E-state index is 9.19. The van der Waals surface area contributed by atoms with Gasteiger partial charge in [-0.05, 0) is 32.9 Å². The van der Waals surface area contributed by atoms with Gasteiger partial charge in [0, 0.05) is 30.1 Å². The van der Waals surface area contributed by atoms with E-state index < -0.39 is 0 Å². The number of hydrogen-bond acceptors (Lipinski definition) is 4. The van der Waals surface area contributed by atoms with E-state index in [4.69, 9.17) is 4.74 Å². The second-order valence-electron chi connectivity index (χ2n) is 4.49. The van der Waals surface area contributed by atoms with E-state index in [1.807, 2.05) is 13.0 Å². The number of likely N-dealkylation sites (tertiary alicyclic amines) is 1. The molecule has 1 N–H and O–H groups in total. The minimum absolute atomic E-state index is 0.0215. The lowest BCUT2D eigenvalue weighted by Crippen LogP contribution is -2.25. The quantitative estimate of drug-likeness (QED) is 0.838. The monoisotopic (exact) mass is 236 g/mol. The first-order valence-corrected chi connectivity index (χ1v) is 6.21. The first kappa shape index (κ1) is 12.3. The van der Waals surface area contributed by atoms with Crippen molar-refractivity contribution in [1.82, 2.24) is 9.88 Å². The topological polar surface area (TPSA) is 45.6 Å². The van der Waals surface area contributed by atoms with E-state index >= 15 is 0 Å². The van der Waals surface area contributed by atoms with Crippen molar-refractivity contribution < 1.29 is 9.84 Å². The van der Waals surface area contributed by atoms with Gasteiger partial charge in [0.1, 0.15) is 12.4 Å². The van der Waals surface area contributed by atoms with Crippen molar-refractivity contribution in [2.45, 2.75) is 26.4 Å². The van der Waals surface area contributed by atoms with Crippen LogP contribution in [0.2, 0.25) is 0 Å². The lowest BCUT2D eigenvalue weighted by Gasteiger charge is -2.16. The summed E-state index contributed by atoms with van der Waals surface area (Å²) in [4.78, 5) is 6.56. The fourth-order valence-corrected chi connectivity index (χ4v) is 2.11. The van der Waals surface area contributed by atoms with Gasteiger partial charge in [-0.15, -0.1) is 0 Å². The summed E-state index contributed by atoms with van der Waals surface area (Å²) >= 11 is 0. The minimum atomic E-state index is -0.0215. The predicted octanol–water partition coefficient (Wildman–Crippen LogP) is 1.36. The Labute approximate surface area is 102 Å². The van der Waals surface area contributed by atoms with Gasteiger partial charge in [0.2, 0.25) is 0 Å². The zero-order chi connectivity index (χ0) is 12.1. The summed E-state index contributed by atoms with van der Waals surface area (Å²) in [6.45, 7) is 5.92. The first-order chi connectivity index (χ1) is 8.29. The number of pyridine rings is 1. The molecule has 1 fully saturated rings. The SMILES string of the molecule is Cc1cc(OCCN2CCCC2)c(CO)cn1. The number of aliphatic hydroxyl groups excluding tert-OH is 1. The van der Waals surface area contributed by atoms with Gasteiger partial charge >= 0.3 is 0 Å². The molecule has 1 aliphatic heterocycles. The van der Waals surface area contributed by atoms with Gasteiger partial charge in [-0.25, -0.2) is 0 Å². The van der Waals surface area contributed by atoms with Crippen LogP contribution >= 0.6 is 0 Å². The molecule has 0 atom stereocenters. The summed E-state index contributed by atoms with van der Waals surface area (Å²) in [6.07, 6.45) is 4.28. The van der Waals surface area contributed by atoms with Gasteiger partial charge < -0.3 is 9.84 Å². The van der Waals surface area contributed by atoms with Crippen molar-refractivity contribution in [1.29, 1.82) is 0 Å². The average molecular weight is 236 g/mol. The summed E-state index contributed by atoms with van der Waals surface area (Å²) < 4.78 is 5.73. The van der Waals surface area contributed by atoms with Crippen LogP contribution in [0.5, 0.6) is 5.75 Å². The van der Waals surface area contributed by atoms with Crippen LogP contribution < -0.4 is 4.74 Å². The summed E-state index contributed by atoms with van der Waals surface area (Å²) in [5, 5.41) is 9.19. The molecule has 0 aromatic carbocycles. The number of aliphatic hydroxyl groups is 1. The van der Waals surface area contributed by atoms with Gasteiger partial charge in [0.05, 0.1) is 6.61 Å². The molecule has 4 nitrogen and oxygen atoms in total. The summed E-state index contributed by atoms with van der Waals surface area (Å²) in [5.74, 6) is 0.763. The Morgan fingerprint density at radius 3 is 2.88 bits per heavy atom. The standard InChI is InChI=1S/C13H20N2O2/c1-11-8-13(12(10-16)9-14-11)17-7-6-15-4-2-3-5-15/h8-9,16H,2-7,10H2,1H3. The van der Waals surface area contributed by atoms with Crippen LogP contribution in [0, 0.1) is 6.92 Å². The van der Waals surface area contributed by atoms with Crippen LogP contribution in [0.25, 0.3) is 0 Å². The molecular formula is C13H20N2O2. The Hall–Kier alpha value is -1.13. The van der Waals surface area contributed by atoms with E-state index in [2.05, 4.69) is 9.88 Å². The zero-order valence-electron chi connectivity index (χ0n) is 10.4. The molecule has 1 aromatic rings. The molecule has 4 heteroatoms. The van der Waals surface area contributed by atoms with Crippen molar-refractivity contribution >= 4 is 0 Å². The first-order valence-electron chi connectivity index (χ1n) is 6.21. The molecule has 2 rings (SSSR count). The Bertz CT molecular complexity index is 362. The summed E-state index contributed by atoms with van der Waals surface area (Å²) in [5.41, 5.74) is 1.68. The van der Waals surface area contributed by atoms with Crippen molar-refractivity contribution in [3.8, 4) is 5.75 Å². The average Bonchev–Trinajstić information content (AvgIpc) is 2.82. The number of nitrogens with zero attached hydrogens (tertiary/aromatic N) is 2. The predicted molar refractivity (Wildman–Crippen MR) is 66.1 cm³/mol. The minimum Gasteiger partial charge on any atom is -0.492 e. The van der Waals surface area contributed by atoms with Crippen molar-refractivity contribution in [3.05, 3.63) is 23.5 Å². The molecule has 0 saturated carbocycles. The highest BCUT2D eigenvalue weighted by atomic mass is 16.5. The number of hydrogen-bond donors (Lipinski definition) is 1. The molecule has 1 aliphatic rings. The normalized spacial score (nSPS) is 16.4. The molecule has 0 bridgehead atoms. The molecule has 0 unspecified atom stereocenters. The second-order valence-corrected chi connectivity index (χ2v) is 4.49. The zero-order valence-corrected chi connectivity index (χ0v) is 10.4. The molecule has 2 heterocycles. The van der Waals surface area contributed by atoms with Crippen LogP contribution in [0.1, 0.15) is 24.1 Å². The number of rotatable bonds is 5. The van der Waals surface area contributed by atoms with E-state index in [1.54, 1.807) is 6.20 Å². The van der Waals surface area contributed by atoms with Crippen LogP contribution in [0.4, 0.5) is 0 Å². The van der Waals surface area contributed by atoms with E-state index in [-0.39, 0.29) is 6.61 Å². The molecule has 0 aliphatic carbocycles. The maximum absolute atomic E-state index is 9.19. The molecular weight excluding hydrogens is 216 g/mol. The molecule has 0 spiro atoms. The Kier molecular flexibility index (Phi) is 4.34. The van der Waals surface area contributed by atoms with Crippen LogP contribution in [-0.2, 0) is 6.61 Å². The van der Waals surface area contributed by atoms with Gasteiger partial charge in [0.25, 0.3) is 0 Å². The van der Waals surface area contributed by atoms with E-state index in [9.17, 15) is 5.11 Å². The Morgan fingerprint density at radius 2 is 2.18 bits per heavy atom. The summed E-state index contributed by atoms with van der Waals surface area (Å²) in [6, 6.07) is 1.88. The Morgan fingerprint density at radius 1 is 1.41 bits per heavy atom. The highest BCUT2D eigenvalue weighted by molar-refractivity contribution is 5.32. The third-order valence-corrected chi connectivity index (χ3v) is 3.11. The lowest BCUT2D eigenvalue weighted by atomic mass is 10.2. The van der Waals surface area contributed by atoms with Gasteiger partial charge in [-0.2, -0.15) is 0 Å². The molecule has 0 amide bonds. The smallest absolute Gasteiger partial charge is 0.128 e. The number of aromatic nitrogens is 1. The van der Waals surface area contributed by atoms with Gasteiger partial charge in [0.15, 0.2) is 0 Å². The fourth-order valence-electron chi connectivity index (χ4n) is 2.11. The lowest BCUT2D eigenvalue weighted by molar-refractivity contribution is 0.226. The van der Waals surface area contributed by atoms with Crippen molar-refractivity contribution in [2.75, 3.05) is 26.2 Å². The van der Waals surface area contributed by atoms with E-state index in [0.717, 1.165) is 23.6 Å². The highest BCUT2D eigenvalue weighted by Crippen LogP contribution is 2.18. The maximum Gasteiger partial charge on any atom is 0.128 e. The third-order valence-electron chi connectivity index (χ3n) is 3.11. The van der Waals surface area contributed by atoms with E-state index in [1.165, 1.54) is 25.9 Å². The molecule has 94 valence electrons. The molecule has 1 saturated heterocycles. The fraction of sp³-hybridized carbons (Fsp3) is 0.615. The Balaban J connectivity index is 1.86.